The minimum absolute atomic E-state index is 0.0235. The Hall–Kier alpha value is -3.33. The first-order valence-corrected chi connectivity index (χ1v) is 11.7. The Labute approximate surface area is 213 Å². The summed E-state index contributed by atoms with van der Waals surface area (Å²) in [5.74, 6) is -1.28. The van der Waals surface area contributed by atoms with Crippen molar-refractivity contribution in [2.24, 2.45) is 0 Å². The maximum Gasteiger partial charge on any atom is 0.305 e. The average Bonchev–Trinajstić information content (AvgIpc) is 3.36. The molecule has 1 fully saturated rings. The predicted octanol–water partition coefficient (Wildman–Crippen LogP) is 2.71. The molecule has 184 valence electrons. The van der Waals surface area contributed by atoms with Crippen molar-refractivity contribution < 1.29 is 33.3 Å². The summed E-state index contributed by atoms with van der Waals surface area (Å²) in [6.45, 7) is 4.05. The average molecular weight is 595 g/mol. The summed E-state index contributed by atoms with van der Waals surface area (Å²) in [4.78, 5) is 47.8. The molecule has 3 aromatic rings. The highest BCUT2D eigenvalue weighted by Gasteiger charge is 2.41. The summed E-state index contributed by atoms with van der Waals surface area (Å²) in [5.41, 5.74) is 1.58. The number of hydrogen-bond acceptors (Lipinski definition) is 10. The van der Waals surface area contributed by atoms with Gasteiger partial charge in [0.05, 0.1) is 6.33 Å². The van der Waals surface area contributed by atoms with Crippen molar-refractivity contribution in [3.8, 4) is 5.88 Å². The van der Waals surface area contributed by atoms with E-state index in [4.69, 9.17) is 18.9 Å². The summed E-state index contributed by atoms with van der Waals surface area (Å²) < 4.78 is 24.9. The third-order valence-electron chi connectivity index (χ3n) is 4.90. The van der Waals surface area contributed by atoms with Gasteiger partial charge >= 0.3 is 11.9 Å². The zero-order valence-corrected chi connectivity index (χ0v) is 21.2. The van der Waals surface area contributed by atoms with Crippen LogP contribution in [-0.2, 0) is 35.2 Å². The van der Waals surface area contributed by atoms with Crippen LogP contribution < -0.4 is 10.1 Å². The van der Waals surface area contributed by atoms with Gasteiger partial charge in [-0.1, -0.05) is 12.1 Å². The van der Waals surface area contributed by atoms with Crippen LogP contribution in [-0.4, -0.2) is 49.8 Å². The summed E-state index contributed by atoms with van der Waals surface area (Å²) >= 11 is 2.22. The number of esters is 2. The predicted molar refractivity (Wildman–Crippen MR) is 129 cm³/mol. The topological polar surface area (TPSA) is 144 Å². The van der Waals surface area contributed by atoms with Gasteiger partial charge in [0.15, 0.2) is 17.3 Å². The molecular weight excluding hydrogens is 573 g/mol. The molecule has 0 bridgehead atoms. The molecular formula is C22H22IN5O7. The lowest BCUT2D eigenvalue weighted by molar-refractivity contribution is -0.198. The number of fused-ring (bicyclic) bond motifs is 1. The highest BCUT2D eigenvalue weighted by molar-refractivity contribution is 14.1. The van der Waals surface area contributed by atoms with Crippen LogP contribution >= 0.6 is 22.6 Å². The fraction of sp³-hybridized carbons (Fsp3) is 0.364. The van der Waals surface area contributed by atoms with Crippen LogP contribution in [0.4, 0.5) is 5.95 Å². The standard InChI is InChI=1S/C22H22IN5O7/c1-11(29)25-22-26-19-18(20(27-22)32-9-14-4-6-15(23)7-5-14)24-10-28(19)17-8-16(33-12(2)30)21(35-17)34-13(3)31/h4-7,10,16-17,21H,8-9H2,1-3H3,(H,25,26,27,29). The first-order chi connectivity index (χ1) is 16.7. The maximum atomic E-state index is 11.7. The molecule has 1 aromatic carbocycles. The number of carbonyl (C=O) groups is 3. The molecule has 13 heteroatoms. The minimum atomic E-state index is -1.09. The van der Waals surface area contributed by atoms with Crippen LogP contribution in [0.5, 0.6) is 5.88 Å². The van der Waals surface area contributed by atoms with E-state index in [0.29, 0.717) is 11.2 Å². The second-order valence-corrected chi connectivity index (χ2v) is 8.97. The van der Waals surface area contributed by atoms with Gasteiger partial charge < -0.3 is 18.9 Å². The Kier molecular flexibility index (Phi) is 7.45. The molecule has 4 rings (SSSR count). The molecule has 0 radical (unpaired) electrons. The highest BCUT2D eigenvalue weighted by Crippen LogP contribution is 2.35. The molecule has 2 aromatic heterocycles. The van der Waals surface area contributed by atoms with Gasteiger partial charge in [-0.15, -0.1) is 0 Å². The number of benzene rings is 1. The Balaban J connectivity index is 1.66. The van der Waals surface area contributed by atoms with E-state index in [2.05, 4.69) is 42.9 Å². The molecule has 1 aliphatic rings. The Morgan fingerprint density at radius 3 is 2.49 bits per heavy atom. The summed E-state index contributed by atoms with van der Waals surface area (Å²) in [6.07, 6.45) is -0.973. The number of anilines is 1. The van der Waals surface area contributed by atoms with E-state index in [1.54, 1.807) is 4.57 Å². The SMILES string of the molecule is CC(=O)Nc1nc(OCc2ccc(I)cc2)c2ncn(C3CC(OC(C)=O)C(OC(C)=O)O3)c2n1. The van der Waals surface area contributed by atoms with Gasteiger partial charge in [-0.05, 0) is 40.3 Å². The number of aromatic nitrogens is 4. The Bertz CT molecular complexity index is 1240. The fourth-order valence-electron chi connectivity index (χ4n) is 3.52. The van der Waals surface area contributed by atoms with Crippen LogP contribution in [0.25, 0.3) is 11.2 Å². The number of rotatable bonds is 7. The van der Waals surface area contributed by atoms with Gasteiger partial charge in [-0.3, -0.25) is 24.3 Å². The van der Waals surface area contributed by atoms with E-state index in [0.717, 1.165) is 9.13 Å². The molecule has 0 aliphatic carbocycles. The van der Waals surface area contributed by atoms with Crippen molar-refractivity contribution in [2.45, 2.75) is 52.4 Å². The van der Waals surface area contributed by atoms with E-state index in [1.165, 1.54) is 27.1 Å². The third-order valence-corrected chi connectivity index (χ3v) is 5.62. The molecule has 1 aliphatic heterocycles. The molecule has 1 amide bonds. The molecule has 35 heavy (non-hydrogen) atoms. The van der Waals surface area contributed by atoms with Crippen molar-refractivity contribution in [2.75, 3.05) is 5.32 Å². The van der Waals surface area contributed by atoms with Crippen molar-refractivity contribution in [1.29, 1.82) is 0 Å². The number of hydrogen-bond donors (Lipinski definition) is 1. The molecule has 12 nitrogen and oxygen atoms in total. The van der Waals surface area contributed by atoms with Gasteiger partial charge in [0.2, 0.25) is 24.0 Å². The van der Waals surface area contributed by atoms with E-state index < -0.39 is 30.6 Å². The second-order valence-electron chi connectivity index (χ2n) is 7.72. The normalized spacial score (nSPS) is 19.4. The largest absolute Gasteiger partial charge is 0.471 e. The van der Waals surface area contributed by atoms with Crippen LogP contribution in [0.3, 0.4) is 0 Å². The molecule has 1 N–H and O–H groups in total. The van der Waals surface area contributed by atoms with Gasteiger partial charge in [0.25, 0.3) is 0 Å². The fourth-order valence-corrected chi connectivity index (χ4v) is 3.88. The van der Waals surface area contributed by atoms with E-state index in [9.17, 15) is 14.4 Å². The lowest BCUT2D eigenvalue weighted by Gasteiger charge is -2.17. The van der Waals surface area contributed by atoms with Crippen molar-refractivity contribution >= 4 is 57.5 Å². The van der Waals surface area contributed by atoms with Crippen LogP contribution in [0.15, 0.2) is 30.6 Å². The van der Waals surface area contributed by atoms with Gasteiger partial charge in [-0.2, -0.15) is 9.97 Å². The summed E-state index contributed by atoms with van der Waals surface area (Å²) in [5, 5.41) is 2.56. The smallest absolute Gasteiger partial charge is 0.305 e. The number of nitrogens with zero attached hydrogens (tertiary/aromatic N) is 4. The van der Waals surface area contributed by atoms with Crippen LogP contribution in [0.1, 0.15) is 39.0 Å². The highest BCUT2D eigenvalue weighted by atomic mass is 127. The molecule has 3 unspecified atom stereocenters. The first-order valence-electron chi connectivity index (χ1n) is 10.6. The number of nitrogens with one attached hydrogen (secondary N) is 1. The monoisotopic (exact) mass is 595 g/mol. The van der Waals surface area contributed by atoms with Crippen LogP contribution in [0.2, 0.25) is 0 Å². The number of imidazole rings is 1. The van der Waals surface area contributed by atoms with Gasteiger partial charge in [-0.25, -0.2) is 4.98 Å². The molecule has 1 saturated heterocycles. The third kappa shape index (κ3) is 6.03. The molecule has 0 spiro atoms. The van der Waals surface area contributed by atoms with E-state index in [1.807, 2.05) is 24.3 Å². The van der Waals surface area contributed by atoms with Crippen molar-refractivity contribution in [3.05, 3.63) is 39.7 Å². The van der Waals surface area contributed by atoms with Gasteiger partial charge in [0.1, 0.15) is 12.8 Å². The summed E-state index contributed by atoms with van der Waals surface area (Å²) in [6, 6.07) is 7.79. The van der Waals surface area contributed by atoms with E-state index >= 15 is 0 Å². The summed E-state index contributed by atoms with van der Waals surface area (Å²) in [7, 11) is 0. The molecule has 3 heterocycles. The quantitative estimate of drug-likeness (QED) is 0.320. The second kappa shape index (κ2) is 10.5. The molecule has 3 atom stereocenters. The zero-order valence-electron chi connectivity index (χ0n) is 19.1. The van der Waals surface area contributed by atoms with Crippen molar-refractivity contribution in [1.82, 2.24) is 19.5 Å². The molecule has 0 saturated carbocycles. The van der Waals surface area contributed by atoms with Crippen molar-refractivity contribution in [3.63, 3.8) is 0 Å². The minimum Gasteiger partial charge on any atom is -0.471 e. The Morgan fingerprint density at radius 1 is 1.11 bits per heavy atom. The maximum absolute atomic E-state index is 11.7. The van der Waals surface area contributed by atoms with Crippen LogP contribution in [0, 0.1) is 3.57 Å². The zero-order chi connectivity index (χ0) is 25.1. The number of ether oxygens (including phenoxy) is 4. The Morgan fingerprint density at radius 2 is 1.83 bits per heavy atom. The van der Waals surface area contributed by atoms with Gasteiger partial charge in [0, 0.05) is 30.8 Å². The van der Waals surface area contributed by atoms with E-state index in [-0.39, 0.29) is 30.8 Å². The lowest BCUT2D eigenvalue weighted by atomic mass is 10.2. The first kappa shape index (κ1) is 24.8. The lowest BCUT2D eigenvalue weighted by Crippen LogP contribution is -2.30. The number of amides is 1. The number of carbonyl (C=O) groups excluding carboxylic acids is 3. The number of halogens is 1.